The highest BCUT2D eigenvalue weighted by Gasteiger charge is 2.40. The van der Waals surface area contributed by atoms with E-state index in [2.05, 4.69) is 64.4 Å². The van der Waals surface area contributed by atoms with Crippen LogP contribution in [0.2, 0.25) is 5.02 Å². The molecule has 5 rings (SSSR count). The molecule has 2 aromatic rings. The molecule has 1 heterocycles. The van der Waals surface area contributed by atoms with Gasteiger partial charge in [-0.2, -0.15) is 0 Å². The predicted molar refractivity (Wildman–Crippen MR) is 188 cm³/mol. The van der Waals surface area contributed by atoms with Gasteiger partial charge < -0.3 is 24.9 Å². The highest BCUT2D eigenvalue weighted by molar-refractivity contribution is 6.30. The number of nitrogens with zero attached hydrogens (tertiary/aromatic N) is 4. The summed E-state index contributed by atoms with van der Waals surface area (Å²) in [6, 6.07) is 19.5. The molecular formula is C38H56ClN5O2. The summed E-state index contributed by atoms with van der Waals surface area (Å²) in [6.45, 7) is 2.41. The van der Waals surface area contributed by atoms with Crippen molar-refractivity contribution in [2.75, 3.05) is 47.8 Å². The number of halogens is 1. The van der Waals surface area contributed by atoms with Crippen molar-refractivity contribution in [1.29, 1.82) is 0 Å². The Morgan fingerprint density at radius 3 is 2.04 bits per heavy atom. The lowest BCUT2D eigenvalue weighted by molar-refractivity contribution is -0.135. The number of piperidine rings is 1. The number of amides is 3. The molecule has 1 atom stereocenters. The number of rotatable bonds is 10. The molecule has 0 spiro atoms. The third-order valence-electron chi connectivity index (χ3n) is 10.8. The van der Waals surface area contributed by atoms with E-state index in [1.54, 1.807) is 4.90 Å². The third-order valence-corrected chi connectivity index (χ3v) is 11.0. The van der Waals surface area contributed by atoms with Crippen molar-refractivity contribution in [3.63, 3.8) is 0 Å². The number of urea groups is 1. The van der Waals surface area contributed by atoms with Gasteiger partial charge in [-0.05, 0) is 95.1 Å². The van der Waals surface area contributed by atoms with Crippen LogP contribution < -0.4 is 5.32 Å². The number of likely N-dealkylation sites (N-methyl/N-ethyl adjacent to an activating group) is 1. The molecule has 0 bridgehead atoms. The Bertz CT molecular complexity index is 1250. The van der Waals surface area contributed by atoms with Gasteiger partial charge in [0.15, 0.2) is 0 Å². The van der Waals surface area contributed by atoms with Gasteiger partial charge in [0.2, 0.25) is 5.91 Å². The van der Waals surface area contributed by atoms with Crippen molar-refractivity contribution in [3.8, 4) is 0 Å². The van der Waals surface area contributed by atoms with Crippen LogP contribution in [-0.2, 0) is 16.6 Å². The first-order chi connectivity index (χ1) is 22.1. The number of hydrogen-bond donors (Lipinski definition) is 1. The standard InChI is InChI=1S/C38H56ClN5O2/c1-41(2)28-38(30-11-7-5-8-12-30)23-19-32(20-24-38)40-35(27-29-15-17-31(39)18-16-29)36(45)43-25-21-34(22-26-43)44(37(46)42(3)4)33-13-9-6-10-14-33/h5,7-8,11-12,15-18,32-35,40H,6,9-10,13-14,19-28H2,1-4H3/t32?,35-,38?/m1/s1. The fourth-order valence-corrected chi connectivity index (χ4v) is 8.54. The molecule has 0 radical (unpaired) electrons. The molecular weight excluding hydrogens is 594 g/mol. The molecule has 1 aliphatic heterocycles. The zero-order valence-corrected chi connectivity index (χ0v) is 29.4. The van der Waals surface area contributed by atoms with Gasteiger partial charge >= 0.3 is 6.03 Å². The second kappa shape index (κ2) is 16.0. The summed E-state index contributed by atoms with van der Waals surface area (Å²) >= 11 is 6.21. The molecule has 0 aromatic heterocycles. The average Bonchev–Trinajstić information content (AvgIpc) is 3.07. The van der Waals surface area contributed by atoms with E-state index < -0.39 is 0 Å². The quantitative estimate of drug-likeness (QED) is 0.316. The van der Waals surface area contributed by atoms with Crippen molar-refractivity contribution in [2.45, 2.75) is 107 Å². The molecule has 2 saturated carbocycles. The van der Waals surface area contributed by atoms with Gasteiger partial charge in [-0.1, -0.05) is 73.3 Å². The molecule has 7 nitrogen and oxygen atoms in total. The van der Waals surface area contributed by atoms with Crippen molar-refractivity contribution in [1.82, 2.24) is 24.9 Å². The number of hydrogen-bond acceptors (Lipinski definition) is 4. The van der Waals surface area contributed by atoms with Crippen molar-refractivity contribution in [2.24, 2.45) is 0 Å². The molecule has 1 N–H and O–H groups in total. The lowest BCUT2D eigenvalue weighted by Gasteiger charge is -2.45. The number of nitrogens with one attached hydrogen (secondary N) is 1. The lowest BCUT2D eigenvalue weighted by atomic mass is 9.67. The van der Waals surface area contributed by atoms with E-state index in [4.69, 9.17) is 11.6 Å². The van der Waals surface area contributed by atoms with Crippen molar-refractivity contribution < 1.29 is 9.59 Å². The zero-order chi connectivity index (χ0) is 32.7. The number of carbonyl (C=O) groups is 2. The predicted octanol–water partition coefficient (Wildman–Crippen LogP) is 6.59. The fourth-order valence-electron chi connectivity index (χ4n) is 8.42. The van der Waals surface area contributed by atoms with Crippen LogP contribution in [0.25, 0.3) is 0 Å². The molecule has 3 amide bonds. The van der Waals surface area contributed by atoms with Gasteiger partial charge in [0.25, 0.3) is 0 Å². The van der Waals surface area contributed by atoms with Crippen molar-refractivity contribution in [3.05, 3.63) is 70.7 Å². The molecule has 2 aromatic carbocycles. The van der Waals surface area contributed by atoms with Crippen LogP contribution in [0.3, 0.4) is 0 Å². The van der Waals surface area contributed by atoms with Gasteiger partial charge in [-0.25, -0.2) is 4.79 Å². The highest BCUT2D eigenvalue weighted by Crippen LogP contribution is 2.40. The Hall–Kier alpha value is -2.61. The fraction of sp³-hybridized carbons (Fsp3) is 0.632. The van der Waals surface area contributed by atoms with E-state index in [1.807, 2.05) is 38.4 Å². The number of likely N-dealkylation sites (tertiary alicyclic amines) is 1. The van der Waals surface area contributed by atoms with Gasteiger partial charge in [-0.3, -0.25) is 4.79 Å². The molecule has 1 saturated heterocycles. The van der Waals surface area contributed by atoms with Gasteiger partial charge in [0.05, 0.1) is 6.04 Å². The van der Waals surface area contributed by atoms with E-state index in [0.29, 0.717) is 30.6 Å². The summed E-state index contributed by atoms with van der Waals surface area (Å²) in [4.78, 5) is 35.9. The van der Waals surface area contributed by atoms with Crippen LogP contribution in [0.5, 0.6) is 0 Å². The molecule has 46 heavy (non-hydrogen) atoms. The maximum absolute atomic E-state index is 14.3. The third kappa shape index (κ3) is 8.64. The van der Waals surface area contributed by atoms with Crippen LogP contribution in [0, 0.1) is 0 Å². The molecule has 8 heteroatoms. The molecule has 252 valence electrons. The van der Waals surface area contributed by atoms with Crippen LogP contribution in [0.15, 0.2) is 54.6 Å². The van der Waals surface area contributed by atoms with Crippen LogP contribution in [0.1, 0.15) is 81.8 Å². The Kier molecular flexibility index (Phi) is 12.1. The maximum Gasteiger partial charge on any atom is 0.319 e. The lowest BCUT2D eigenvalue weighted by Crippen LogP contribution is -2.58. The van der Waals surface area contributed by atoms with Gasteiger partial charge in [0, 0.05) is 62.3 Å². The number of benzene rings is 2. The largest absolute Gasteiger partial charge is 0.341 e. The van der Waals surface area contributed by atoms with E-state index in [-0.39, 0.29) is 35.5 Å². The van der Waals surface area contributed by atoms with Crippen LogP contribution >= 0.6 is 11.6 Å². The summed E-state index contributed by atoms with van der Waals surface area (Å²) in [5.74, 6) is 0.185. The first-order valence-electron chi connectivity index (χ1n) is 17.6. The topological polar surface area (TPSA) is 59.1 Å². The second-order valence-corrected chi connectivity index (χ2v) is 15.1. The Labute approximate surface area is 282 Å². The summed E-state index contributed by atoms with van der Waals surface area (Å²) < 4.78 is 0. The minimum Gasteiger partial charge on any atom is -0.341 e. The normalized spacial score (nSPS) is 23.7. The molecule has 3 aliphatic rings. The molecule has 2 aliphatic carbocycles. The van der Waals surface area contributed by atoms with E-state index in [9.17, 15) is 9.59 Å². The Morgan fingerprint density at radius 1 is 0.848 bits per heavy atom. The molecule has 3 fully saturated rings. The van der Waals surface area contributed by atoms with Crippen LogP contribution in [0.4, 0.5) is 4.79 Å². The van der Waals surface area contributed by atoms with Gasteiger partial charge in [-0.15, -0.1) is 0 Å². The van der Waals surface area contributed by atoms with E-state index in [0.717, 1.165) is 63.5 Å². The minimum absolute atomic E-state index is 0.122. The van der Waals surface area contributed by atoms with Crippen molar-refractivity contribution >= 4 is 23.5 Å². The first kappa shape index (κ1) is 34.7. The highest BCUT2D eigenvalue weighted by atomic mass is 35.5. The zero-order valence-electron chi connectivity index (χ0n) is 28.6. The first-order valence-corrected chi connectivity index (χ1v) is 18.0. The van der Waals surface area contributed by atoms with E-state index in [1.165, 1.54) is 24.8 Å². The monoisotopic (exact) mass is 649 g/mol. The summed E-state index contributed by atoms with van der Waals surface area (Å²) in [5.41, 5.74) is 2.68. The van der Waals surface area contributed by atoms with Crippen LogP contribution in [-0.4, -0.2) is 104 Å². The molecule has 0 unspecified atom stereocenters. The van der Waals surface area contributed by atoms with Gasteiger partial charge in [0.1, 0.15) is 0 Å². The SMILES string of the molecule is CN(C)CC1(c2ccccc2)CCC(N[C@H](Cc2ccc(Cl)cc2)C(=O)N2CCC(N(C(=O)N(C)C)C3CCCCC3)CC2)CC1. The average molecular weight is 650 g/mol. The van der Waals surface area contributed by atoms with E-state index >= 15 is 0 Å². The maximum atomic E-state index is 14.3. The summed E-state index contributed by atoms with van der Waals surface area (Å²) in [7, 11) is 8.06. The minimum atomic E-state index is -0.293. The summed E-state index contributed by atoms with van der Waals surface area (Å²) in [5, 5.41) is 4.58. The number of carbonyl (C=O) groups excluding carboxylic acids is 2. The second-order valence-electron chi connectivity index (χ2n) is 14.6. The smallest absolute Gasteiger partial charge is 0.319 e. The Balaban J connectivity index is 1.27. The Morgan fingerprint density at radius 2 is 1.46 bits per heavy atom. The summed E-state index contributed by atoms with van der Waals surface area (Å²) in [6.07, 6.45) is 12.4.